The van der Waals surface area contributed by atoms with Crippen molar-refractivity contribution < 1.29 is 22.4 Å². The maximum Gasteiger partial charge on any atom is 0.166 e. The summed E-state index contributed by atoms with van der Waals surface area (Å²) in [5.41, 5.74) is 9.77. The van der Waals surface area contributed by atoms with Gasteiger partial charge in [-0.3, -0.25) is 9.80 Å². The van der Waals surface area contributed by atoms with Crippen LogP contribution in [0.5, 0.6) is 0 Å². The van der Waals surface area contributed by atoms with Gasteiger partial charge in [0.2, 0.25) is 0 Å². The number of quaternary nitrogens is 1. The zero-order chi connectivity index (χ0) is 17.4. The molecular weight excluding hydrogens is 332 g/mol. The summed E-state index contributed by atoms with van der Waals surface area (Å²) in [5.74, 6) is 0. The number of aryl methyl sites for hydroxylation is 4. The van der Waals surface area contributed by atoms with E-state index in [0.29, 0.717) is 0 Å². The molecule has 0 bridgehead atoms. The number of anilines is 1. The lowest BCUT2D eigenvalue weighted by molar-refractivity contribution is -0.783. The van der Waals surface area contributed by atoms with E-state index in [4.69, 9.17) is 0 Å². The maximum atomic E-state index is 9.98. The summed E-state index contributed by atoms with van der Waals surface area (Å²) in [6.45, 7) is 11.6. The standard InChI is InChI=1S/C21H26N2O.ClH/c1-14-6-8-19(16(3)10-14)22-13-23(21(12-24)18(22)5)20-9-7-15(2)11-17(20)4;/h6-11,24H,12-13H2,1-5H3;1H. The molecular formula is C21H27ClN2O. The number of benzene rings is 2. The van der Waals surface area contributed by atoms with Gasteiger partial charge in [-0.2, -0.15) is 0 Å². The third-order valence-electron chi connectivity index (χ3n) is 5.03. The fourth-order valence-electron chi connectivity index (χ4n) is 3.73. The van der Waals surface area contributed by atoms with Crippen LogP contribution in [0, 0.1) is 27.7 Å². The molecule has 0 saturated carbocycles. The van der Waals surface area contributed by atoms with Gasteiger partial charge in [-0.15, -0.1) is 0 Å². The highest BCUT2D eigenvalue weighted by Crippen LogP contribution is 2.27. The average molecular weight is 359 g/mol. The second-order valence-corrected chi connectivity index (χ2v) is 6.90. The van der Waals surface area contributed by atoms with Crippen LogP contribution in [0.15, 0.2) is 47.8 Å². The first kappa shape index (κ1) is 19.5. The number of aliphatic hydroxyl groups is 1. The quantitative estimate of drug-likeness (QED) is 0.817. The Labute approximate surface area is 157 Å². The number of aliphatic hydroxyl groups excluding tert-OH is 1. The van der Waals surface area contributed by atoms with Gasteiger partial charge >= 0.3 is 0 Å². The summed E-state index contributed by atoms with van der Waals surface area (Å²) in [6, 6.07) is 13.1. The molecule has 0 radical (unpaired) electrons. The number of allylic oxidation sites excluding steroid dienone is 1. The van der Waals surface area contributed by atoms with Crippen molar-refractivity contribution in [3.05, 3.63) is 70.0 Å². The molecule has 0 fully saturated rings. The Morgan fingerprint density at radius 1 is 0.920 bits per heavy atom. The summed E-state index contributed by atoms with van der Waals surface area (Å²) in [6.07, 6.45) is 0. The highest BCUT2D eigenvalue weighted by Gasteiger charge is 2.34. The van der Waals surface area contributed by atoms with E-state index in [9.17, 15) is 5.11 Å². The van der Waals surface area contributed by atoms with E-state index in [1.807, 2.05) is 0 Å². The van der Waals surface area contributed by atoms with E-state index in [1.54, 1.807) is 0 Å². The lowest BCUT2D eigenvalue weighted by Gasteiger charge is -2.22. The van der Waals surface area contributed by atoms with Crippen LogP contribution >= 0.6 is 0 Å². The van der Waals surface area contributed by atoms with Gasteiger partial charge in [0.05, 0.1) is 6.61 Å². The van der Waals surface area contributed by atoms with Gasteiger partial charge in [0.15, 0.2) is 6.67 Å². The smallest absolute Gasteiger partial charge is 0.166 e. The summed E-state index contributed by atoms with van der Waals surface area (Å²) < 4.78 is 0. The maximum absolute atomic E-state index is 9.98. The SMILES string of the molecule is CC1=C(CO)N(c2ccc(C)cc2C)C[NH+]1c1ccc(C)cc1C.[Cl-]. The molecule has 134 valence electrons. The van der Waals surface area contributed by atoms with Crippen molar-refractivity contribution in [2.24, 2.45) is 0 Å². The molecule has 1 heterocycles. The highest BCUT2D eigenvalue weighted by atomic mass is 35.5. The normalized spacial score (nSPS) is 17.0. The minimum Gasteiger partial charge on any atom is -1.00 e. The largest absolute Gasteiger partial charge is 1.00 e. The van der Waals surface area contributed by atoms with Gasteiger partial charge in [0, 0.05) is 24.2 Å². The summed E-state index contributed by atoms with van der Waals surface area (Å²) in [4.78, 5) is 3.58. The lowest BCUT2D eigenvalue weighted by Crippen LogP contribution is -3.04. The number of nitrogens with zero attached hydrogens (tertiary/aromatic N) is 1. The Morgan fingerprint density at radius 3 is 2.08 bits per heavy atom. The first-order valence-electron chi connectivity index (χ1n) is 8.51. The number of halogens is 1. The average Bonchev–Trinajstić information content (AvgIpc) is 2.84. The third kappa shape index (κ3) is 3.59. The first-order valence-corrected chi connectivity index (χ1v) is 8.51. The van der Waals surface area contributed by atoms with Crippen molar-refractivity contribution >= 4 is 11.4 Å². The minimum atomic E-state index is 0. The summed E-state index contributed by atoms with van der Waals surface area (Å²) in [5, 5.41) is 9.98. The van der Waals surface area contributed by atoms with E-state index >= 15 is 0 Å². The molecule has 1 atom stereocenters. The Morgan fingerprint density at radius 2 is 1.52 bits per heavy atom. The van der Waals surface area contributed by atoms with E-state index < -0.39 is 0 Å². The third-order valence-corrected chi connectivity index (χ3v) is 5.03. The Bertz CT molecular complexity index is 814. The van der Waals surface area contributed by atoms with Gasteiger partial charge in [-0.25, -0.2) is 0 Å². The van der Waals surface area contributed by atoms with Gasteiger partial charge in [-0.1, -0.05) is 35.4 Å². The molecule has 0 spiro atoms. The fourth-order valence-corrected chi connectivity index (χ4v) is 3.73. The molecule has 3 nitrogen and oxygen atoms in total. The molecule has 1 aliphatic rings. The molecule has 2 aromatic rings. The molecule has 0 aliphatic carbocycles. The van der Waals surface area contributed by atoms with Crippen LogP contribution in [0.3, 0.4) is 0 Å². The monoisotopic (exact) mass is 358 g/mol. The molecule has 1 aliphatic heterocycles. The van der Waals surface area contributed by atoms with Crippen LogP contribution in [0.2, 0.25) is 0 Å². The van der Waals surface area contributed by atoms with Crippen LogP contribution in [0.1, 0.15) is 29.2 Å². The van der Waals surface area contributed by atoms with Crippen LogP contribution in [-0.4, -0.2) is 18.4 Å². The van der Waals surface area contributed by atoms with Gasteiger partial charge in [-0.05, 0) is 39.3 Å². The van der Waals surface area contributed by atoms with Crippen molar-refractivity contribution in [1.82, 2.24) is 0 Å². The van der Waals surface area contributed by atoms with Crippen LogP contribution in [0.4, 0.5) is 11.4 Å². The Balaban J connectivity index is 0.00000225. The van der Waals surface area contributed by atoms with Crippen LogP contribution in [-0.2, 0) is 0 Å². The summed E-state index contributed by atoms with van der Waals surface area (Å²) in [7, 11) is 0. The predicted octanol–water partition coefficient (Wildman–Crippen LogP) is 0.142. The molecule has 0 saturated heterocycles. The van der Waals surface area contributed by atoms with Gasteiger partial charge in [0.1, 0.15) is 17.1 Å². The Kier molecular flexibility index (Phi) is 5.94. The lowest BCUT2D eigenvalue weighted by atomic mass is 10.1. The topological polar surface area (TPSA) is 27.9 Å². The van der Waals surface area contributed by atoms with E-state index in [2.05, 4.69) is 75.9 Å². The molecule has 4 heteroatoms. The predicted molar refractivity (Wildman–Crippen MR) is 99.6 cm³/mol. The number of rotatable bonds is 3. The van der Waals surface area contributed by atoms with Crippen molar-refractivity contribution in [2.75, 3.05) is 18.2 Å². The van der Waals surface area contributed by atoms with Crippen molar-refractivity contribution in [2.45, 2.75) is 34.6 Å². The van der Waals surface area contributed by atoms with Crippen LogP contribution < -0.4 is 22.2 Å². The number of hydrogen-bond donors (Lipinski definition) is 2. The zero-order valence-corrected chi connectivity index (χ0v) is 16.4. The molecule has 1 unspecified atom stereocenters. The highest BCUT2D eigenvalue weighted by molar-refractivity contribution is 5.60. The van der Waals surface area contributed by atoms with E-state index in [0.717, 1.165) is 12.4 Å². The van der Waals surface area contributed by atoms with E-state index in [-0.39, 0.29) is 19.0 Å². The minimum absolute atomic E-state index is 0. The molecule has 3 rings (SSSR count). The van der Waals surface area contributed by atoms with Gasteiger partial charge in [0.25, 0.3) is 0 Å². The van der Waals surface area contributed by atoms with Crippen molar-refractivity contribution in [1.29, 1.82) is 0 Å². The number of nitrogens with one attached hydrogen (secondary N) is 1. The van der Waals surface area contributed by atoms with Crippen LogP contribution in [0.25, 0.3) is 0 Å². The number of hydrogen-bond acceptors (Lipinski definition) is 2. The Hall–Kier alpha value is -1.81. The van der Waals surface area contributed by atoms with Crippen molar-refractivity contribution in [3.63, 3.8) is 0 Å². The molecule has 0 amide bonds. The zero-order valence-electron chi connectivity index (χ0n) is 15.7. The molecule has 2 aromatic carbocycles. The van der Waals surface area contributed by atoms with Gasteiger partial charge < -0.3 is 17.5 Å². The summed E-state index contributed by atoms with van der Waals surface area (Å²) >= 11 is 0. The molecule has 0 aromatic heterocycles. The molecule has 25 heavy (non-hydrogen) atoms. The van der Waals surface area contributed by atoms with E-state index in [1.165, 1.54) is 44.2 Å². The fraction of sp³-hybridized carbons (Fsp3) is 0.333. The first-order chi connectivity index (χ1) is 11.4. The second-order valence-electron chi connectivity index (χ2n) is 6.90. The van der Waals surface area contributed by atoms with Crippen molar-refractivity contribution in [3.8, 4) is 0 Å². The second kappa shape index (κ2) is 7.61. The molecule has 2 N–H and O–H groups in total.